The number of esters is 1. The van der Waals surface area contributed by atoms with Crippen molar-refractivity contribution < 1.29 is 28.7 Å². The van der Waals surface area contributed by atoms with E-state index >= 15 is 0 Å². The molecule has 0 unspecified atom stereocenters. The van der Waals surface area contributed by atoms with Gasteiger partial charge in [0.15, 0.2) is 11.5 Å². The topological polar surface area (TPSA) is 102 Å². The van der Waals surface area contributed by atoms with E-state index in [1.807, 2.05) is 6.07 Å². The Morgan fingerprint density at radius 3 is 2.38 bits per heavy atom. The number of thioether (sulfide) groups is 1. The lowest BCUT2D eigenvalue weighted by atomic mass is 10.1. The van der Waals surface area contributed by atoms with Crippen molar-refractivity contribution in [1.82, 2.24) is 4.90 Å². The average molecular weight is 581 g/mol. The second-order valence-corrected chi connectivity index (χ2v) is 9.55. The fourth-order valence-corrected chi connectivity index (χ4v) is 4.79. The van der Waals surface area contributed by atoms with E-state index in [-0.39, 0.29) is 16.4 Å². The molecule has 0 saturated carbocycles. The van der Waals surface area contributed by atoms with Crippen LogP contribution in [0.25, 0.3) is 6.08 Å². The van der Waals surface area contributed by atoms with Crippen molar-refractivity contribution in [2.75, 3.05) is 18.5 Å². The number of hydrogen-bond acceptors (Lipinski definition) is 7. The summed E-state index contributed by atoms with van der Waals surface area (Å²) in [4.78, 5) is 51.4. The van der Waals surface area contributed by atoms with Crippen LogP contribution in [0.1, 0.15) is 22.8 Å². The number of carbonyl (C=O) groups is 4. The zero-order valence-electron chi connectivity index (χ0n) is 19.6. The largest absolute Gasteiger partial charge is 0.490 e. The molecule has 1 fully saturated rings. The Kier molecular flexibility index (Phi) is 8.42. The fraction of sp³-hybridized carbons (Fsp3) is 0.111. The molecule has 188 valence electrons. The van der Waals surface area contributed by atoms with E-state index in [1.165, 1.54) is 6.08 Å². The molecule has 3 aromatic carbocycles. The molecule has 0 atom stereocenters. The Bertz CT molecular complexity index is 1380. The maximum Gasteiger partial charge on any atom is 0.343 e. The number of imide groups is 1. The van der Waals surface area contributed by atoms with E-state index in [9.17, 15) is 19.2 Å². The molecule has 0 aromatic heterocycles. The Labute approximate surface area is 225 Å². The van der Waals surface area contributed by atoms with Gasteiger partial charge >= 0.3 is 5.97 Å². The van der Waals surface area contributed by atoms with E-state index in [1.54, 1.807) is 73.7 Å². The second kappa shape index (κ2) is 11.9. The van der Waals surface area contributed by atoms with Crippen LogP contribution in [-0.4, -0.2) is 41.1 Å². The Hall–Kier alpha value is -3.89. The molecule has 3 aromatic rings. The summed E-state index contributed by atoms with van der Waals surface area (Å²) >= 11 is 4.15. The maximum absolute atomic E-state index is 12.9. The summed E-state index contributed by atoms with van der Waals surface area (Å²) in [5, 5.41) is 2.11. The van der Waals surface area contributed by atoms with Gasteiger partial charge in [-0.1, -0.05) is 36.4 Å². The van der Waals surface area contributed by atoms with Gasteiger partial charge in [0.2, 0.25) is 5.91 Å². The number of nitrogens with one attached hydrogen (secondary N) is 1. The van der Waals surface area contributed by atoms with Crippen LogP contribution in [0.4, 0.5) is 10.5 Å². The van der Waals surface area contributed by atoms with Gasteiger partial charge in [-0.3, -0.25) is 19.3 Å². The normalized spacial score (nSPS) is 14.1. The van der Waals surface area contributed by atoms with Crippen molar-refractivity contribution in [3.8, 4) is 11.5 Å². The number of anilines is 1. The van der Waals surface area contributed by atoms with Crippen LogP contribution in [0, 0.1) is 0 Å². The highest BCUT2D eigenvalue weighted by molar-refractivity contribution is 9.10. The van der Waals surface area contributed by atoms with Gasteiger partial charge in [-0.15, -0.1) is 0 Å². The Balaban J connectivity index is 1.52. The number of halogens is 1. The summed E-state index contributed by atoms with van der Waals surface area (Å²) in [5.41, 5.74) is 1.48. The summed E-state index contributed by atoms with van der Waals surface area (Å²) < 4.78 is 11.7. The van der Waals surface area contributed by atoms with Gasteiger partial charge in [-0.05, 0) is 82.7 Å². The number of hydrogen-bond donors (Lipinski definition) is 1. The molecule has 1 N–H and O–H groups in total. The van der Waals surface area contributed by atoms with E-state index < -0.39 is 29.6 Å². The minimum atomic E-state index is -0.577. The number of para-hydroxylation sites is 1. The Morgan fingerprint density at radius 2 is 1.70 bits per heavy atom. The van der Waals surface area contributed by atoms with Crippen molar-refractivity contribution in [3.05, 3.63) is 93.3 Å². The molecule has 1 aliphatic heterocycles. The first-order chi connectivity index (χ1) is 17.9. The van der Waals surface area contributed by atoms with Gasteiger partial charge in [0.05, 0.1) is 21.5 Å². The highest BCUT2D eigenvalue weighted by Crippen LogP contribution is 2.39. The van der Waals surface area contributed by atoms with Crippen LogP contribution < -0.4 is 14.8 Å². The van der Waals surface area contributed by atoms with Gasteiger partial charge in [-0.2, -0.15) is 0 Å². The smallest absolute Gasteiger partial charge is 0.343 e. The number of rotatable bonds is 8. The fourth-order valence-electron chi connectivity index (χ4n) is 3.41. The first-order valence-corrected chi connectivity index (χ1v) is 12.8. The lowest BCUT2D eigenvalue weighted by Crippen LogP contribution is -2.36. The van der Waals surface area contributed by atoms with Crippen molar-refractivity contribution in [1.29, 1.82) is 0 Å². The summed E-state index contributed by atoms with van der Waals surface area (Å²) in [7, 11) is 0. The third-order valence-electron chi connectivity index (χ3n) is 5.07. The van der Waals surface area contributed by atoms with Gasteiger partial charge in [0, 0.05) is 5.69 Å². The number of ether oxygens (including phenoxy) is 2. The van der Waals surface area contributed by atoms with Crippen LogP contribution in [0.3, 0.4) is 0 Å². The van der Waals surface area contributed by atoms with Crippen molar-refractivity contribution in [2.24, 2.45) is 0 Å². The SMILES string of the molecule is CCOc1cc(/C=C2\SC(=O)N(CC(=O)Nc3ccccc3)C2=O)cc(Br)c1OC(=O)c1ccccc1. The molecule has 10 heteroatoms. The van der Waals surface area contributed by atoms with Gasteiger partial charge in [0.1, 0.15) is 6.54 Å². The molecule has 3 amide bonds. The molecule has 0 radical (unpaired) electrons. The quantitative estimate of drug-likeness (QED) is 0.206. The van der Waals surface area contributed by atoms with Crippen LogP contribution in [0.5, 0.6) is 11.5 Å². The molecule has 0 aliphatic carbocycles. The number of amides is 3. The average Bonchev–Trinajstić information content (AvgIpc) is 3.14. The van der Waals surface area contributed by atoms with Crippen LogP contribution >= 0.6 is 27.7 Å². The summed E-state index contributed by atoms with van der Waals surface area (Å²) in [6.45, 7) is 1.69. The van der Waals surface area contributed by atoms with Crippen molar-refractivity contribution in [2.45, 2.75) is 6.92 Å². The molecule has 1 aliphatic rings. The van der Waals surface area contributed by atoms with E-state index in [0.29, 0.717) is 27.9 Å². The summed E-state index contributed by atoms with van der Waals surface area (Å²) in [6.07, 6.45) is 1.52. The molecule has 0 bridgehead atoms. The minimum Gasteiger partial charge on any atom is -0.490 e. The molecule has 1 saturated heterocycles. The molecule has 4 rings (SSSR count). The monoisotopic (exact) mass is 580 g/mol. The van der Waals surface area contributed by atoms with Crippen LogP contribution in [-0.2, 0) is 9.59 Å². The van der Waals surface area contributed by atoms with Gasteiger partial charge < -0.3 is 14.8 Å². The van der Waals surface area contributed by atoms with Crippen LogP contribution in [0.15, 0.2) is 82.2 Å². The number of benzene rings is 3. The highest BCUT2D eigenvalue weighted by Gasteiger charge is 2.36. The lowest BCUT2D eigenvalue weighted by Gasteiger charge is -2.14. The van der Waals surface area contributed by atoms with Gasteiger partial charge in [-0.25, -0.2) is 4.79 Å². The van der Waals surface area contributed by atoms with Crippen molar-refractivity contribution >= 4 is 62.5 Å². The lowest BCUT2D eigenvalue weighted by molar-refractivity contribution is -0.127. The molecular formula is C27H21BrN2O6S. The minimum absolute atomic E-state index is 0.154. The second-order valence-electron chi connectivity index (χ2n) is 7.70. The van der Waals surface area contributed by atoms with Crippen molar-refractivity contribution in [3.63, 3.8) is 0 Å². The van der Waals surface area contributed by atoms with E-state index in [0.717, 1.165) is 16.7 Å². The Morgan fingerprint density at radius 1 is 1.03 bits per heavy atom. The molecule has 37 heavy (non-hydrogen) atoms. The highest BCUT2D eigenvalue weighted by atomic mass is 79.9. The van der Waals surface area contributed by atoms with E-state index in [2.05, 4.69) is 21.2 Å². The molecule has 0 spiro atoms. The third kappa shape index (κ3) is 6.46. The summed E-state index contributed by atoms with van der Waals surface area (Å²) in [5.74, 6) is -1.13. The maximum atomic E-state index is 12.9. The van der Waals surface area contributed by atoms with E-state index in [4.69, 9.17) is 9.47 Å². The number of carbonyl (C=O) groups excluding carboxylic acids is 4. The number of nitrogens with zero attached hydrogens (tertiary/aromatic N) is 1. The predicted octanol–water partition coefficient (Wildman–Crippen LogP) is 5.74. The molecular weight excluding hydrogens is 560 g/mol. The predicted molar refractivity (Wildman–Crippen MR) is 144 cm³/mol. The molecule has 8 nitrogen and oxygen atoms in total. The summed E-state index contributed by atoms with van der Waals surface area (Å²) in [6, 6.07) is 20.6. The zero-order chi connectivity index (χ0) is 26.4. The molecule has 1 heterocycles. The first-order valence-electron chi connectivity index (χ1n) is 11.2. The first kappa shape index (κ1) is 26.2. The van der Waals surface area contributed by atoms with Crippen LogP contribution in [0.2, 0.25) is 0 Å². The zero-order valence-corrected chi connectivity index (χ0v) is 22.0. The standard InChI is InChI=1S/C27H21BrN2O6S/c1-2-35-21-14-17(13-20(28)24(21)36-26(33)18-9-5-3-6-10-18)15-22-25(32)30(27(34)37-22)16-23(31)29-19-11-7-4-8-12-19/h3-15H,2,16H2,1H3,(H,29,31)/b22-15-. The third-order valence-corrected chi connectivity index (χ3v) is 6.56. The van der Waals surface area contributed by atoms with Gasteiger partial charge in [0.25, 0.3) is 11.1 Å².